The van der Waals surface area contributed by atoms with Crippen molar-refractivity contribution < 1.29 is 9.53 Å². The van der Waals surface area contributed by atoms with E-state index in [0.717, 1.165) is 0 Å². The third-order valence-corrected chi connectivity index (χ3v) is 2.10. The molecule has 78 valence electrons. The first-order chi connectivity index (χ1) is 7.13. The number of nitrogens with zero attached hydrogens (tertiary/aromatic N) is 3. The average molecular weight is 207 g/mol. The van der Waals surface area contributed by atoms with Gasteiger partial charge < -0.3 is 9.30 Å². The molecule has 0 aromatic carbocycles. The molecule has 0 atom stereocenters. The molecule has 0 aliphatic heterocycles. The van der Waals surface area contributed by atoms with Crippen LogP contribution in [0.2, 0.25) is 0 Å². The summed E-state index contributed by atoms with van der Waals surface area (Å²) in [6, 6.07) is 1.41. The minimum absolute atomic E-state index is 0.126. The Morgan fingerprint density at radius 2 is 2.20 bits per heavy atom. The van der Waals surface area contributed by atoms with Gasteiger partial charge in [0.1, 0.15) is 5.52 Å². The summed E-state index contributed by atoms with van der Waals surface area (Å²) in [6.07, 6.45) is 3.17. The zero-order chi connectivity index (χ0) is 11.0. The van der Waals surface area contributed by atoms with E-state index in [1.165, 1.54) is 22.3 Å². The van der Waals surface area contributed by atoms with E-state index in [9.17, 15) is 9.59 Å². The molecule has 0 aliphatic carbocycles. The van der Waals surface area contributed by atoms with E-state index in [1.807, 2.05) is 0 Å². The summed E-state index contributed by atoms with van der Waals surface area (Å²) in [5.74, 6) is -0.555. The van der Waals surface area contributed by atoms with E-state index in [2.05, 4.69) is 9.84 Å². The summed E-state index contributed by atoms with van der Waals surface area (Å²) in [5.41, 5.74) is 0.265. The van der Waals surface area contributed by atoms with Crippen molar-refractivity contribution in [3.8, 4) is 0 Å². The molecule has 0 bridgehead atoms. The minimum atomic E-state index is -0.555. The Bertz CT molecular complexity index is 582. The Morgan fingerprint density at radius 3 is 2.87 bits per heavy atom. The first-order valence-electron chi connectivity index (χ1n) is 4.27. The van der Waals surface area contributed by atoms with Crippen LogP contribution in [0.15, 0.2) is 23.3 Å². The number of methoxy groups -OCH3 is 1. The maximum atomic E-state index is 11.6. The Kier molecular flexibility index (Phi) is 2.03. The van der Waals surface area contributed by atoms with Crippen molar-refractivity contribution >= 4 is 11.5 Å². The molecule has 0 saturated carbocycles. The SMILES string of the molecule is COC(=O)c1cc2c(=O)n(C)ccn2n1. The van der Waals surface area contributed by atoms with Crippen molar-refractivity contribution in [3.05, 3.63) is 34.5 Å². The van der Waals surface area contributed by atoms with E-state index in [1.54, 1.807) is 19.4 Å². The molecule has 6 heteroatoms. The van der Waals surface area contributed by atoms with Gasteiger partial charge in [0, 0.05) is 25.5 Å². The average Bonchev–Trinajstić information content (AvgIpc) is 2.67. The van der Waals surface area contributed by atoms with Crippen molar-refractivity contribution in [2.75, 3.05) is 7.11 Å². The van der Waals surface area contributed by atoms with Gasteiger partial charge in [0.25, 0.3) is 5.56 Å². The van der Waals surface area contributed by atoms with Crippen LogP contribution in [0.3, 0.4) is 0 Å². The normalized spacial score (nSPS) is 10.5. The first-order valence-corrected chi connectivity index (χ1v) is 4.27. The molecule has 2 aromatic rings. The summed E-state index contributed by atoms with van der Waals surface area (Å²) in [5, 5.41) is 3.91. The highest BCUT2D eigenvalue weighted by molar-refractivity contribution is 5.88. The molecule has 0 amide bonds. The fraction of sp³-hybridized carbons (Fsp3) is 0.222. The van der Waals surface area contributed by atoms with E-state index in [-0.39, 0.29) is 11.3 Å². The topological polar surface area (TPSA) is 65.6 Å². The number of aromatic nitrogens is 3. The van der Waals surface area contributed by atoms with Gasteiger partial charge in [-0.05, 0) is 0 Å². The van der Waals surface area contributed by atoms with Crippen LogP contribution >= 0.6 is 0 Å². The monoisotopic (exact) mass is 207 g/mol. The van der Waals surface area contributed by atoms with Crippen molar-refractivity contribution in [1.82, 2.24) is 14.2 Å². The van der Waals surface area contributed by atoms with Gasteiger partial charge >= 0.3 is 5.97 Å². The second-order valence-corrected chi connectivity index (χ2v) is 3.07. The molecule has 2 heterocycles. The van der Waals surface area contributed by atoms with Crippen molar-refractivity contribution in [2.24, 2.45) is 7.05 Å². The van der Waals surface area contributed by atoms with Gasteiger partial charge in [0.15, 0.2) is 5.69 Å². The highest BCUT2D eigenvalue weighted by atomic mass is 16.5. The molecule has 0 saturated heterocycles. The maximum Gasteiger partial charge on any atom is 0.358 e. The van der Waals surface area contributed by atoms with Gasteiger partial charge in [-0.1, -0.05) is 0 Å². The summed E-state index contributed by atoms with van der Waals surface area (Å²) in [6.45, 7) is 0. The summed E-state index contributed by atoms with van der Waals surface area (Å²) >= 11 is 0. The van der Waals surface area contributed by atoms with Crippen molar-refractivity contribution in [2.45, 2.75) is 0 Å². The van der Waals surface area contributed by atoms with Crippen LogP contribution in [0.5, 0.6) is 0 Å². The largest absolute Gasteiger partial charge is 0.464 e. The zero-order valence-corrected chi connectivity index (χ0v) is 8.30. The molecule has 15 heavy (non-hydrogen) atoms. The van der Waals surface area contributed by atoms with Crippen LogP contribution in [-0.4, -0.2) is 27.3 Å². The Labute approximate surface area is 84.7 Å². The fourth-order valence-corrected chi connectivity index (χ4v) is 1.28. The lowest BCUT2D eigenvalue weighted by atomic mass is 10.4. The van der Waals surface area contributed by atoms with Gasteiger partial charge in [-0.2, -0.15) is 5.10 Å². The lowest BCUT2D eigenvalue weighted by molar-refractivity contribution is 0.0593. The highest BCUT2D eigenvalue weighted by Gasteiger charge is 2.12. The molecule has 2 aromatic heterocycles. The number of aryl methyl sites for hydroxylation is 1. The smallest absolute Gasteiger partial charge is 0.358 e. The van der Waals surface area contributed by atoms with Gasteiger partial charge in [0.2, 0.25) is 0 Å². The number of rotatable bonds is 1. The quantitative estimate of drug-likeness (QED) is 0.608. The summed E-state index contributed by atoms with van der Waals surface area (Å²) in [4.78, 5) is 22.8. The van der Waals surface area contributed by atoms with Gasteiger partial charge in [0.05, 0.1) is 7.11 Å². The molecule has 0 fully saturated rings. The summed E-state index contributed by atoms with van der Waals surface area (Å²) < 4.78 is 7.28. The third-order valence-electron chi connectivity index (χ3n) is 2.10. The van der Waals surface area contributed by atoms with Crippen LogP contribution in [0, 0.1) is 0 Å². The predicted octanol–water partition coefficient (Wildman–Crippen LogP) is -0.180. The Morgan fingerprint density at radius 1 is 1.47 bits per heavy atom. The van der Waals surface area contributed by atoms with Crippen LogP contribution in [0.25, 0.3) is 5.52 Å². The van der Waals surface area contributed by atoms with Crippen LogP contribution < -0.4 is 5.56 Å². The van der Waals surface area contributed by atoms with Crippen LogP contribution in [-0.2, 0) is 11.8 Å². The van der Waals surface area contributed by atoms with Crippen LogP contribution in [0.1, 0.15) is 10.5 Å². The number of ether oxygens (including phenoxy) is 1. The number of hydrogen-bond donors (Lipinski definition) is 0. The van der Waals surface area contributed by atoms with E-state index >= 15 is 0 Å². The van der Waals surface area contributed by atoms with Crippen molar-refractivity contribution in [3.63, 3.8) is 0 Å². The number of fused-ring (bicyclic) bond motifs is 1. The van der Waals surface area contributed by atoms with E-state index in [0.29, 0.717) is 5.52 Å². The number of hydrogen-bond acceptors (Lipinski definition) is 4. The standard InChI is InChI=1S/C9H9N3O3/c1-11-3-4-12-7(8(11)13)5-6(10-12)9(14)15-2/h3-5H,1-2H3. The molecule has 0 spiro atoms. The first kappa shape index (κ1) is 9.45. The molecule has 0 radical (unpaired) electrons. The lowest BCUT2D eigenvalue weighted by Crippen LogP contribution is -2.17. The molecule has 2 rings (SSSR count). The highest BCUT2D eigenvalue weighted by Crippen LogP contribution is 2.02. The van der Waals surface area contributed by atoms with Crippen molar-refractivity contribution in [1.29, 1.82) is 0 Å². The summed E-state index contributed by atoms with van der Waals surface area (Å²) in [7, 11) is 2.90. The number of carbonyl (C=O) groups is 1. The molecular formula is C9H9N3O3. The molecule has 0 unspecified atom stereocenters. The second-order valence-electron chi connectivity index (χ2n) is 3.07. The Hall–Kier alpha value is -2.11. The third kappa shape index (κ3) is 1.39. The minimum Gasteiger partial charge on any atom is -0.464 e. The van der Waals surface area contributed by atoms with E-state index in [4.69, 9.17) is 0 Å². The zero-order valence-electron chi connectivity index (χ0n) is 8.30. The molecule has 0 N–H and O–H groups in total. The second kappa shape index (κ2) is 3.23. The fourth-order valence-electron chi connectivity index (χ4n) is 1.28. The Balaban J connectivity index is 2.71. The van der Waals surface area contributed by atoms with Gasteiger partial charge in [-0.25, -0.2) is 9.31 Å². The lowest BCUT2D eigenvalue weighted by Gasteiger charge is -1.95. The number of esters is 1. The number of carbonyl (C=O) groups excluding carboxylic acids is 1. The van der Waals surface area contributed by atoms with Gasteiger partial charge in [-0.3, -0.25) is 4.79 Å². The maximum absolute atomic E-state index is 11.6. The van der Waals surface area contributed by atoms with Crippen LogP contribution in [0.4, 0.5) is 0 Å². The molecular weight excluding hydrogens is 198 g/mol. The predicted molar refractivity (Wildman–Crippen MR) is 51.8 cm³/mol. The van der Waals surface area contributed by atoms with E-state index < -0.39 is 5.97 Å². The molecule has 6 nitrogen and oxygen atoms in total. The molecule has 0 aliphatic rings. The van der Waals surface area contributed by atoms with Gasteiger partial charge in [-0.15, -0.1) is 0 Å².